The molecule has 0 saturated heterocycles. The predicted molar refractivity (Wildman–Crippen MR) is 91.9 cm³/mol. The summed E-state index contributed by atoms with van der Waals surface area (Å²) in [6, 6.07) is 3.51. The summed E-state index contributed by atoms with van der Waals surface area (Å²) in [5, 5.41) is 5.79. The Hall–Kier alpha value is -2.64. The number of hydrogen-bond acceptors (Lipinski definition) is 4. The van der Waals surface area contributed by atoms with Crippen LogP contribution in [0.25, 0.3) is 0 Å². The molecule has 1 aliphatic rings. The van der Waals surface area contributed by atoms with Crippen LogP contribution in [0.5, 0.6) is 0 Å². The number of carbonyl (C=O) groups is 1. The summed E-state index contributed by atoms with van der Waals surface area (Å²) in [5.74, 6) is -0.607. The fourth-order valence-electron chi connectivity index (χ4n) is 3.02. The number of hydrogen-bond donors (Lipinski definition) is 2. The summed E-state index contributed by atoms with van der Waals surface area (Å²) in [5.41, 5.74) is -0.224. The first-order valence-corrected chi connectivity index (χ1v) is 8.48. The third-order valence-corrected chi connectivity index (χ3v) is 4.36. The van der Waals surface area contributed by atoms with Gasteiger partial charge in [-0.1, -0.05) is 19.3 Å². The number of rotatable bonds is 4. The van der Waals surface area contributed by atoms with Gasteiger partial charge in [-0.2, -0.15) is 13.2 Å². The second-order valence-corrected chi connectivity index (χ2v) is 6.28. The Bertz CT molecular complexity index is 759. The molecule has 1 aromatic carbocycles. The molecule has 26 heavy (non-hydrogen) atoms. The number of carbonyl (C=O) groups excluding carboxylic acids is 1. The first kappa shape index (κ1) is 18.2. The molecule has 1 amide bonds. The zero-order chi connectivity index (χ0) is 18.6. The molecular formula is C18H19F3N4O. The van der Waals surface area contributed by atoms with Crippen LogP contribution in [0.15, 0.2) is 36.8 Å². The topological polar surface area (TPSA) is 66.9 Å². The number of aromatic nitrogens is 2. The second-order valence-electron chi connectivity index (χ2n) is 6.28. The largest absolute Gasteiger partial charge is 0.416 e. The van der Waals surface area contributed by atoms with Crippen molar-refractivity contribution < 1.29 is 18.0 Å². The molecule has 1 heterocycles. The van der Waals surface area contributed by atoms with E-state index >= 15 is 0 Å². The summed E-state index contributed by atoms with van der Waals surface area (Å²) >= 11 is 0. The Kier molecular flexibility index (Phi) is 5.39. The van der Waals surface area contributed by atoms with Crippen LogP contribution in [0.2, 0.25) is 0 Å². The van der Waals surface area contributed by atoms with Gasteiger partial charge in [-0.05, 0) is 31.0 Å². The second kappa shape index (κ2) is 7.72. The highest BCUT2D eigenvalue weighted by Crippen LogP contribution is 2.35. The van der Waals surface area contributed by atoms with Gasteiger partial charge in [-0.3, -0.25) is 9.78 Å². The van der Waals surface area contributed by atoms with Crippen molar-refractivity contribution in [2.75, 3.05) is 10.6 Å². The molecule has 0 bridgehead atoms. The van der Waals surface area contributed by atoms with Crippen LogP contribution in [0, 0.1) is 0 Å². The molecule has 3 rings (SSSR count). The number of benzene rings is 1. The van der Waals surface area contributed by atoms with Crippen molar-refractivity contribution in [3.63, 3.8) is 0 Å². The molecular weight excluding hydrogens is 345 g/mol. The zero-order valence-corrected chi connectivity index (χ0v) is 14.0. The van der Waals surface area contributed by atoms with Crippen LogP contribution in [-0.2, 0) is 6.18 Å². The van der Waals surface area contributed by atoms with Gasteiger partial charge >= 0.3 is 6.18 Å². The van der Waals surface area contributed by atoms with E-state index in [2.05, 4.69) is 20.6 Å². The highest BCUT2D eigenvalue weighted by molar-refractivity contribution is 6.04. The Balaban J connectivity index is 1.86. The van der Waals surface area contributed by atoms with E-state index in [1.807, 2.05) is 0 Å². The minimum absolute atomic E-state index is 0.0357. The fraction of sp³-hybridized carbons (Fsp3) is 0.389. The van der Waals surface area contributed by atoms with Gasteiger partial charge in [-0.25, -0.2) is 4.98 Å². The van der Waals surface area contributed by atoms with Crippen molar-refractivity contribution in [3.05, 3.63) is 48.0 Å². The Morgan fingerprint density at radius 3 is 2.50 bits per heavy atom. The monoisotopic (exact) mass is 364 g/mol. The molecule has 0 spiro atoms. The molecule has 138 valence electrons. The lowest BCUT2D eigenvalue weighted by Crippen LogP contribution is -2.24. The van der Waals surface area contributed by atoms with Crippen LogP contribution in [0.3, 0.4) is 0 Å². The molecule has 1 fully saturated rings. The van der Waals surface area contributed by atoms with Crippen LogP contribution in [0.4, 0.5) is 24.5 Å². The highest BCUT2D eigenvalue weighted by Gasteiger charge is 2.31. The van der Waals surface area contributed by atoms with Crippen LogP contribution in [-0.4, -0.2) is 21.9 Å². The summed E-state index contributed by atoms with van der Waals surface area (Å²) in [6.07, 6.45) is 4.78. The van der Waals surface area contributed by atoms with Gasteiger partial charge in [0.2, 0.25) is 0 Å². The van der Waals surface area contributed by atoms with Crippen LogP contribution in [0.1, 0.15) is 48.2 Å². The summed E-state index contributed by atoms with van der Waals surface area (Å²) in [7, 11) is 0. The third kappa shape index (κ3) is 4.50. The first-order chi connectivity index (χ1) is 12.4. The van der Waals surface area contributed by atoms with Gasteiger partial charge in [0.05, 0.1) is 23.1 Å². The van der Waals surface area contributed by atoms with Crippen molar-refractivity contribution in [1.82, 2.24) is 9.97 Å². The standard InChI is InChI=1S/C18H19F3N4O/c19-18(20,21)12-6-7-14(24-13-4-2-1-3-5-13)15(10-12)25-17(26)16-11-22-8-9-23-16/h6-11,13,24H,1-5H2,(H,25,26). The van der Waals surface area contributed by atoms with Gasteiger partial charge < -0.3 is 10.6 Å². The highest BCUT2D eigenvalue weighted by atomic mass is 19.4. The minimum Gasteiger partial charge on any atom is -0.381 e. The zero-order valence-electron chi connectivity index (χ0n) is 14.0. The summed E-state index contributed by atoms with van der Waals surface area (Å²) in [6.45, 7) is 0. The Morgan fingerprint density at radius 1 is 1.08 bits per heavy atom. The number of alkyl halides is 3. The van der Waals surface area contributed by atoms with Crippen LogP contribution < -0.4 is 10.6 Å². The van der Waals surface area contributed by atoms with Gasteiger partial charge in [0.15, 0.2) is 0 Å². The van der Waals surface area contributed by atoms with Gasteiger partial charge in [0, 0.05) is 18.4 Å². The normalized spacial score (nSPS) is 15.5. The number of amides is 1. The number of halogens is 3. The average molecular weight is 364 g/mol. The molecule has 1 aromatic heterocycles. The number of nitrogens with one attached hydrogen (secondary N) is 2. The van der Waals surface area contributed by atoms with Gasteiger partial charge in [0.25, 0.3) is 5.91 Å². The Morgan fingerprint density at radius 2 is 1.85 bits per heavy atom. The smallest absolute Gasteiger partial charge is 0.381 e. The average Bonchev–Trinajstić information content (AvgIpc) is 2.64. The Labute approximate surface area is 149 Å². The van der Waals surface area contributed by atoms with Crippen molar-refractivity contribution in [1.29, 1.82) is 0 Å². The van der Waals surface area contributed by atoms with E-state index in [1.165, 1.54) is 31.1 Å². The lowest BCUT2D eigenvalue weighted by molar-refractivity contribution is -0.137. The third-order valence-electron chi connectivity index (χ3n) is 4.36. The molecule has 0 radical (unpaired) electrons. The quantitative estimate of drug-likeness (QED) is 0.839. The van der Waals surface area contributed by atoms with E-state index in [9.17, 15) is 18.0 Å². The maximum Gasteiger partial charge on any atom is 0.416 e. The molecule has 1 aliphatic carbocycles. The fourth-order valence-corrected chi connectivity index (χ4v) is 3.02. The van der Waals surface area contributed by atoms with E-state index in [0.29, 0.717) is 5.69 Å². The number of anilines is 2. The van der Waals surface area contributed by atoms with E-state index in [-0.39, 0.29) is 17.4 Å². The molecule has 0 atom stereocenters. The maximum absolute atomic E-state index is 13.1. The molecule has 8 heteroatoms. The van der Waals surface area contributed by atoms with Crippen molar-refractivity contribution >= 4 is 17.3 Å². The predicted octanol–water partition coefficient (Wildman–Crippen LogP) is 4.49. The van der Waals surface area contributed by atoms with Gasteiger partial charge in [-0.15, -0.1) is 0 Å². The molecule has 5 nitrogen and oxygen atoms in total. The lowest BCUT2D eigenvalue weighted by Gasteiger charge is -2.25. The summed E-state index contributed by atoms with van der Waals surface area (Å²) < 4.78 is 39.2. The SMILES string of the molecule is O=C(Nc1cc(C(F)(F)F)ccc1NC1CCCCC1)c1cnccn1. The molecule has 0 aliphatic heterocycles. The summed E-state index contributed by atoms with van der Waals surface area (Å²) in [4.78, 5) is 20.0. The lowest BCUT2D eigenvalue weighted by atomic mass is 9.95. The van der Waals surface area contributed by atoms with E-state index in [1.54, 1.807) is 0 Å². The van der Waals surface area contributed by atoms with E-state index in [4.69, 9.17) is 0 Å². The van der Waals surface area contributed by atoms with Crippen molar-refractivity contribution in [3.8, 4) is 0 Å². The van der Waals surface area contributed by atoms with Gasteiger partial charge in [0.1, 0.15) is 5.69 Å². The molecule has 0 unspecified atom stereocenters. The number of nitrogens with zero attached hydrogens (tertiary/aromatic N) is 2. The van der Waals surface area contributed by atoms with E-state index < -0.39 is 17.6 Å². The molecule has 2 aromatic rings. The molecule has 1 saturated carbocycles. The first-order valence-electron chi connectivity index (χ1n) is 8.48. The van der Waals surface area contributed by atoms with Crippen LogP contribution >= 0.6 is 0 Å². The molecule has 2 N–H and O–H groups in total. The van der Waals surface area contributed by atoms with Crippen molar-refractivity contribution in [2.24, 2.45) is 0 Å². The van der Waals surface area contributed by atoms with Crippen molar-refractivity contribution in [2.45, 2.75) is 44.3 Å². The minimum atomic E-state index is -4.49. The van der Waals surface area contributed by atoms with E-state index in [0.717, 1.165) is 37.8 Å². The maximum atomic E-state index is 13.1.